The lowest BCUT2D eigenvalue weighted by molar-refractivity contribution is -0.120. The number of carbonyl (C=O) groups is 1. The highest BCUT2D eigenvalue weighted by molar-refractivity contribution is 5.87. The van der Waals surface area contributed by atoms with E-state index in [1.807, 2.05) is 37.3 Å². The SMILES string of the molecule is CCC=CC=CC=CCCC=CC=CC=CC(=O)NC(O)C(C)CCCCC. The molecule has 2 atom stereocenters. The number of hydrogen-bond acceptors (Lipinski definition) is 2. The van der Waals surface area contributed by atoms with Crippen LogP contribution in [0.1, 0.15) is 65.7 Å². The van der Waals surface area contributed by atoms with E-state index in [1.165, 1.54) is 6.08 Å². The first-order valence-corrected chi connectivity index (χ1v) is 10.6. The molecule has 0 spiro atoms. The molecular formula is C25H39NO2. The second kappa shape index (κ2) is 19.6. The summed E-state index contributed by atoms with van der Waals surface area (Å²) >= 11 is 0. The van der Waals surface area contributed by atoms with Gasteiger partial charge in [0.1, 0.15) is 6.23 Å². The summed E-state index contributed by atoms with van der Waals surface area (Å²) in [5.74, 6) is -0.199. The Morgan fingerprint density at radius 3 is 2.00 bits per heavy atom. The van der Waals surface area contributed by atoms with Crippen LogP contribution in [0.5, 0.6) is 0 Å². The molecule has 3 nitrogen and oxygen atoms in total. The minimum absolute atomic E-state index is 0.0692. The van der Waals surface area contributed by atoms with Crippen molar-refractivity contribution < 1.29 is 9.90 Å². The van der Waals surface area contributed by atoms with Crippen LogP contribution >= 0.6 is 0 Å². The quantitative estimate of drug-likeness (QED) is 0.153. The van der Waals surface area contributed by atoms with E-state index < -0.39 is 6.23 Å². The molecule has 0 radical (unpaired) electrons. The van der Waals surface area contributed by atoms with Gasteiger partial charge in [0.05, 0.1) is 0 Å². The van der Waals surface area contributed by atoms with Crippen LogP contribution in [0.25, 0.3) is 0 Å². The van der Waals surface area contributed by atoms with Crippen molar-refractivity contribution in [2.45, 2.75) is 71.9 Å². The lowest BCUT2D eigenvalue weighted by Crippen LogP contribution is -2.38. The topological polar surface area (TPSA) is 49.3 Å². The normalized spacial score (nSPS) is 15.1. The molecule has 0 aromatic heterocycles. The van der Waals surface area contributed by atoms with Crippen molar-refractivity contribution in [2.75, 3.05) is 0 Å². The van der Waals surface area contributed by atoms with E-state index >= 15 is 0 Å². The molecule has 28 heavy (non-hydrogen) atoms. The second-order valence-electron chi connectivity index (χ2n) is 6.83. The minimum atomic E-state index is -0.788. The van der Waals surface area contributed by atoms with Gasteiger partial charge in [0.25, 0.3) is 0 Å². The Kier molecular flexibility index (Phi) is 18.1. The summed E-state index contributed by atoms with van der Waals surface area (Å²) in [6.07, 6.45) is 29.9. The third-order valence-corrected chi connectivity index (χ3v) is 4.15. The van der Waals surface area contributed by atoms with Crippen LogP contribution in [0, 0.1) is 5.92 Å². The third kappa shape index (κ3) is 17.3. The van der Waals surface area contributed by atoms with Crippen molar-refractivity contribution >= 4 is 5.91 Å². The molecule has 0 heterocycles. The molecule has 0 saturated heterocycles. The Labute approximate surface area is 172 Å². The Morgan fingerprint density at radius 2 is 1.43 bits per heavy atom. The zero-order chi connectivity index (χ0) is 20.9. The van der Waals surface area contributed by atoms with Crippen LogP contribution in [0.4, 0.5) is 0 Å². The number of carbonyl (C=O) groups excluding carboxylic acids is 1. The Morgan fingerprint density at radius 1 is 0.857 bits per heavy atom. The smallest absolute Gasteiger partial charge is 0.245 e. The number of allylic oxidation sites excluding steroid dienone is 11. The predicted molar refractivity (Wildman–Crippen MR) is 122 cm³/mol. The number of unbranched alkanes of at least 4 members (excludes halogenated alkanes) is 3. The van der Waals surface area contributed by atoms with Gasteiger partial charge in [-0.15, -0.1) is 0 Å². The summed E-state index contributed by atoms with van der Waals surface area (Å²) in [5.41, 5.74) is 0. The van der Waals surface area contributed by atoms with E-state index in [2.05, 4.69) is 49.5 Å². The number of aliphatic hydroxyl groups is 1. The van der Waals surface area contributed by atoms with Crippen molar-refractivity contribution in [3.8, 4) is 0 Å². The van der Waals surface area contributed by atoms with Crippen molar-refractivity contribution in [3.63, 3.8) is 0 Å². The maximum Gasteiger partial charge on any atom is 0.245 e. The van der Waals surface area contributed by atoms with Crippen LogP contribution in [0.2, 0.25) is 0 Å². The molecule has 0 fully saturated rings. The first-order chi connectivity index (χ1) is 13.6. The van der Waals surface area contributed by atoms with Gasteiger partial charge in [0.2, 0.25) is 5.91 Å². The van der Waals surface area contributed by atoms with Gasteiger partial charge in [-0.25, -0.2) is 0 Å². The monoisotopic (exact) mass is 385 g/mol. The van der Waals surface area contributed by atoms with Crippen LogP contribution in [-0.2, 0) is 4.79 Å². The molecule has 0 bridgehead atoms. The Balaban J connectivity index is 3.92. The third-order valence-electron chi connectivity index (χ3n) is 4.15. The molecule has 0 aliphatic rings. The second-order valence-corrected chi connectivity index (χ2v) is 6.83. The zero-order valence-corrected chi connectivity index (χ0v) is 17.9. The number of rotatable bonds is 15. The van der Waals surface area contributed by atoms with Gasteiger partial charge in [-0.3, -0.25) is 4.79 Å². The predicted octanol–water partition coefficient (Wildman–Crippen LogP) is 6.16. The van der Waals surface area contributed by atoms with Crippen molar-refractivity contribution in [1.82, 2.24) is 5.32 Å². The van der Waals surface area contributed by atoms with Gasteiger partial charge in [-0.2, -0.15) is 0 Å². The molecule has 0 rings (SSSR count). The summed E-state index contributed by atoms with van der Waals surface area (Å²) in [6, 6.07) is 0. The van der Waals surface area contributed by atoms with Crippen LogP contribution in [0.15, 0.2) is 72.9 Å². The average Bonchev–Trinajstić information content (AvgIpc) is 2.68. The first kappa shape index (κ1) is 25.9. The molecule has 0 aliphatic heterocycles. The van der Waals surface area contributed by atoms with E-state index in [-0.39, 0.29) is 11.8 Å². The molecule has 2 N–H and O–H groups in total. The highest BCUT2D eigenvalue weighted by Gasteiger charge is 2.14. The van der Waals surface area contributed by atoms with E-state index in [4.69, 9.17) is 0 Å². The largest absolute Gasteiger partial charge is 0.373 e. The summed E-state index contributed by atoms with van der Waals surface area (Å²) < 4.78 is 0. The molecule has 156 valence electrons. The number of amides is 1. The Bertz CT molecular complexity index is 553. The highest BCUT2D eigenvalue weighted by atomic mass is 16.3. The molecule has 2 unspecified atom stereocenters. The lowest BCUT2D eigenvalue weighted by Gasteiger charge is -2.19. The van der Waals surface area contributed by atoms with Gasteiger partial charge < -0.3 is 10.4 Å². The van der Waals surface area contributed by atoms with Gasteiger partial charge >= 0.3 is 0 Å². The fraction of sp³-hybridized carbons (Fsp3) is 0.480. The van der Waals surface area contributed by atoms with E-state index in [0.717, 1.165) is 44.9 Å². The van der Waals surface area contributed by atoms with Crippen LogP contribution in [0.3, 0.4) is 0 Å². The van der Waals surface area contributed by atoms with Crippen molar-refractivity contribution in [3.05, 3.63) is 72.9 Å². The number of nitrogens with one attached hydrogen (secondary N) is 1. The molecular weight excluding hydrogens is 346 g/mol. The molecule has 3 heteroatoms. The van der Waals surface area contributed by atoms with Gasteiger partial charge in [0.15, 0.2) is 0 Å². The van der Waals surface area contributed by atoms with Crippen molar-refractivity contribution in [2.24, 2.45) is 5.92 Å². The van der Waals surface area contributed by atoms with Crippen LogP contribution in [-0.4, -0.2) is 17.2 Å². The van der Waals surface area contributed by atoms with E-state index in [0.29, 0.717) is 0 Å². The highest BCUT2D eigenvalue weighted by Crippen LogP contribution is 2.11. The maximum absolute atomic E-state index is 11.8. The summed E-state index contributed by atoms with van der Waals surface area (Å²) in [6.45, 7) is 6.23. The standard InChI is InChI=1S/C25H39NO2/c1-4-6-8-9-10-11-12-13-14-15-16-17-18-20-22-24(27)26-25(28)23(3)21-19-7-5-2/h6,8-12,15-18,20,22-23,25,28H,4-5,7,13-14,19,21H2,1-3H3,(H,26,27). The summed E-state index contributed by atoms with van der Waals surface area (Å²) in [5, 5.41) is 12.6. The number of hydrogen-bond donors (Lipinski definition) is 2. The fourth-order valence-electron chi connectivity index (χ4n) is 2.37. The van der Waals surface area contributed by atoms with Gasteiger partial charge in [0, 0.05) is 12.0 Å². The van der Waals surface area contributed by atoms with Crippen LogP contribution < -0.4 is 5.32 Å². The van der Waals surface area contributed by atoms with Gasteiger partial charge in [-0.1, -0.05) is 107 Å². The van der Waals surface area contributed by atoms with E-state index in [9.17, 15) is 9.90 Å². The Hall–Kier alpha value is -2.13. The maximum atomic E-state index is 11.8. The molecule has 0 aromatic rings. The van der Waals surface area contributed by atoms with Crippen molar-refractivity contribution in [1.29, 1.82) is 0 Å². The zero-order valence-electron chi connectivity index (χ0n) is 17.9. The summed E-state index contributed by atoms with van der Waals surface area (Å²) in [4.78, 5) is 11.8. The van der Waals surface area contributed by atoms with Gasteiger partial charge in [-0.05, 0) is 25.7 Å². The summed E-state index contributed by atoms with van der Waals surface area (Å²) in [7, 11) is 0. The first-order valence-electron chi connectivity index (χ1n) is 10.6. The lowest BCUT2D eigenvalue weighted by atomic mass is 10.0. The minimum Gasteiger partial charge on any atom is -0.373 e. The molecule has 1 amide bonds. The molecule has 0 aliphatic carbocycles. The van der Waals surface area contributed by atoms with E-state index in [1.54, 1.807) is 6.08 Å². The molecule has 0 saturated carbocycles. The number of aliphatic hydroxyl groups excluding tert-OH is 1. The average molecular weight is 386 g/mol. The molecule has 0 aromatic carbocycles. The fourth-order valence-corrected chi connectivity index (χ4v) is 2.37.